The molecule has 1 nitrogen and oxygen atoms in total. The Morgan fingerprint density at radius 3 is 2.00 bits per heavy atom. The van der Waals surface area contributed by atoms with Crippen molar-refractivity contribution in [2.45, 2.75) is 51.6 Å². The van der Waals surface area contributed by atoms with Crippen LogP contribution in [0.3, 0.4) is 0 Å². The van der Waals surface area contributed by atoms with Crippen LogP contribution >= 0.6 is 0 Å². The van der Waals surface area contributed by atoms with Crippen molar-refractivity contribution in [3.05, 3.63) is 71.3 Å². The summed E-state index contributed by atoms with van der Waals surface area (Å²) in [4.78, 5) is 0. The smallest absolute Gasteiger partial charge is 0.0586 e. The predicted molar refractivity (Wildman–Crippen MR) is 89.7 cm³/mol. The molecular weight excluding hydrogens is 256 g/mol. The van der Waals surface area contributed by atoms with Gasteiger partial charge in [0.05, 0.1) is 6.10 Å². The molecule has 21 heavy (non-hydrogen) atoms. The average Bonchev–Trinajstić information content (AvgIpc) is 2.48. The van der Waals surface area contributed by atoms with Gasteiger partial charge in [0.25, 0.3) is 0 Å². The van der Waals surface area contributed by atoms with Crippen molar-refractivity contribution in [1.82, 2.24) is 0 Å². The van der Waals surface area contributed by atoms with Gasteiger partial charge in [-0.05, 0) is 41.4 Å². The maximum atomic E-state index is 10.3. The molecule has 0 spiro atoms. The van der Waals surface area contributed by atoms with E-state index < -0.39 is 0 Å². The van der Waals surface area contributed by atoms with Gasteiger partial charge in [0.15, 0.2) is 0 Å². The first kappa shape index (κ1) is 15.8. The highest BCUT2D eigenvalue weighted by Crippen LogP contribution is 2.22. The molecule has 1 N–H and O–H groups in total. The second-order valence-corrected chi connectivity index (χ2v) is 6.30. The number of aliphatic hydroxyl groups is 1. The molecule has 2 atom stereocenters. The van der Waals surface area contributed by atoms with Gasteiger partial charge in [0.2, 0.25) is 0 Å². The molecule has 0 bridgehead atoms. The van der Waals surface area contributed by atoms with Crippen molar-refractivity contribution in [3.8, 4) is 0 Å². The fourth-order valence-electron chi connectivity index (χ4n) is 2.72. The van der Waals surface area contributed by atoms with E-state index >= 15 is 0 Å². The zero-order chi connectivity index (χ0) is 15.2. The first-order chi connectivity index (χ1) is 10.1. The van der Waals surface area contributed by atoms with E-state index in [1.54, 1.807) is 0 Å². The minimum Gasteiger partial charge on any atom is -0.393 e. The third-order valence-corrected chi connectivity index (χ3v) is 4.11. The molecule has 0 fully saturated rings. The molecular formula is C20H26O. The molecule has 0 amide bonds. The average molecular weight is 282 g/mol. The molecule has 2 aromatic carbocycles. The van der Waals surface area contributed by atoms with Crippen molar-refractivity contribution < 1.29 is 5.11 Å². The highest BCUT2D eigenvalue weighted by Gasteiger charge is 2.12. The molecule has 0 aromatic heterocycles. The van der Waals surface area contributed by atoms with Crippen molar-refractivity contribution in [2.24, 2.45) is 0 Å². The summed E-state index contributed by atoms with van der Waals surface area (Å²) in [5.74, 6) is 0.943. The number of hydrogen-bond donors (Lipinski definition) is 1. The van der Waals surface area contributed by atoms with Crippen LogP contribution in [0.1, 0.15) is 55.7 Å². The number of aliphatic hydroxyl groups excluding tert-OH is 1. The minimum atomic E-state index is -0.287. The summed E-state index contributed by atoms with van der Waals surface area (Å²) in [6.45, 7) is 6.58. The Morgan fingerprint density at radius 1 is 0.810 bits per heavy atom. The lowest BCUT2D eigenvalue weighted by Crippen LogP contribution is -2.14. The van der Waals surface area contributed by atoms with Crippen LogP contribution in [0.5, 0.6) is 0 Å². The normalized spacial score (nSPS) is 14.1. The second-order valence-electron chi connectivity index (χ2n) is 6.30. The lowest BCUT2D eigenvalue weighted by atomic mass is 9.92. The lowest BCUT2D eigenvalue weighted by Gasteiger charge is -2.17. The van der Waals surface area contributed by atoms with Crippen LogP contribution in [-0.4, -0.2) is 11.2 Å². The molecule has 2 rings (SSSR count). The third kappa shape index (κ3) is 4.71. The van der Waals surface area contributed by atoms with E-state index in [1.807, 2.05) is 6.07 Å². The number of benzene rings is 2. The summed E-state index contributed by atoms with van der Waals surface area (Å²) in [7, 11) is 0. The maximum absolute atomic E-state index is 10.3. The van der Waals surface area contributed by atoms with Crippen LogP contribution in [0.4, 0.5) is 0 Å². The molecule has 2 unspecified atom stereocenters. The fourth-order valence-corrected chi connectivity index (χ4v) is 2.72. The topological polar surface area (TPSA) is 20.2 Å². The SMILES string of the molecule is CC(C)c1ccc(CC(O)CC(C)c2ccccc2)cc1. The quantitative estimate of drug-likeness (QED) is 0.798. The van der Waals surface area contributed by atoms with Crippen LogP contribution in [0.15, 0.2) is 54.6 Å². The highest BCUT2D eigenvalue weighted by atomic mass is 16.3. The Labute approximate surface area is 128 Å². The van der Waals surface area contributed by atoms with Gasteiger partial charge in [0, 0.05) is 0 Å². The van der Waals surface area contributed by atoms with E-state index in [-0.39, 0.29) is 6.10 Å². The van der Waals surface area contributed by atoms with E-state index in [2.05, 4.69) is 69.3 Å². The van der Waals surface area contributed by atoms with Gasteiger partial charge in [-0.25, -0.2) is 0 Å². The van der Waals surface area contributed by atoms with Gasteiger partial charge in [-0.3, -0.25) is 0 Å². The summed E-state index contributed by atoms with van der Waals surface area (Å²) < 4.78 is 0. The zero-order valence-corrected chi connectivity index (χ0v) is 13.3. The van der Waals surface area contributed by atoms with Crippen molar-refractivity contribution >= 4 is 0 Å². The first-order valence-corrected chi connectivity index (χ1v) is 7.88. The van der Waals surface area contributed by atoms with Crippen LogP contribution in [0.2, 0.25) is 0 Å². The molecule has 0 aliphatic rings. The van der Waals surface area contributed by atoms with Crippen molar-refractivity contribution in [1.29, 1.82) is 0 Å². The van der Waals surface area contributed by atoms with E-state index in [9.17, 15) is 5.11 Å². The van der Waals surface area contributed by atoms with Gasteiger partial charge < -0.3 is 5.11 Å². The molecule has 0 aliphatic heterocycles. The molecule has 2 aromatic rings. The molecule has 1 heteroatoms. The van der Waals surface area contributed by atoms with E-state index in [0.29, 0.717) is 11.8 Å². The van der Waals surface area contributed by atoms with Crippen LogP contribution < -0.4 is 0 Å². The summed E-state index contributed by atoms with van der Waals surface area (Å²) in [5, 5.41) is 10.3. The standard InChI is InChI=1S/C20H26O/c1-15(2)18-11-9-17(10-12-18)14-20(21)13-16(3)19-7-5-4-6-8-19/h4-12,15-16,20-21H,13-14H2,1-3H3. The lowest BCUT2D eigenvalue weighted by molar-refractivity contribution is 0.157. The van der Waals surface area contributed by atoms with Crippen LogP contribution in [0, 0.1) is 0 Å². The van der Waals surface area contributed by atoms with E-state index in [1.165, 1.54) is 16.7 Å². The molecule has 0 saturated carbocycles. The Morgan fingerprint density at radius 2 is 1.43 bits per heavy atom. The van der Waals surface area contributed by atoms with Crippen LogP contribution in [-0.2, 0) is 6.42 Å². The maximum Gasteiger partial charge on any atom is 0.0586 e. The van der Waals surface area contributed by atoms with Gasteiger partial charge in [-0.1, -0.05) is 75.4 Å². The summed E-state index contributed by atoms with van der Waals surface area (Å²) in [5.41, 5.74) is 3.87. The molecule has 0 radical (unpaired) electrons. The molecule has 0 saturated heterocycles. The Balaban J connectivity index is 1.91. The van der Waals surface area contributed by atoms with Gasteiger partial charge in [-0.15, -0.1) is 0 Å². The summed E-state index contributed by atoms with van der Waals surface area (Å²) in [6.07, 6.45) is 1.25. The predicted octanol–water partition coefficient (Wildman–Crippen LogP) is 4.91. The Kier molecular flexibility index (Phi) is 5.58. The Hall–Kier alpha value is -1.60. The molecule has 0 aliphatic carbocycles. The summed E-state index contributed by atoms with van der Waals surface area (Å²) >= 11 is 0. The number of hydrogen-bond acceptors (Lipinski definition) is 1. The second kappa shape index (κ2) is 7.42. The molecule has 0 heterocycles. The van der Waals surface area contributed by atoms with Gasteiger partial charge in [0.1, 0.15) is 0 Å². The monoisotopic (exact) mass is 282 g/mol. The van der Waals surface area contributed by atoms with Gasteiger partial charge in [-0.2, -0.15) is 0 Å². The fraction of sp³-hybridized carbons (Fsp3) is 0.400. The Bertz CT molecular complexity index is 528. The van der Waals surface area contributed by atoms with E-state index in [4.69, 9.17) is 0 Å². The summed E-state index contributed by atoms with van der Waals surface area (Å²) in [6, 6.07) is 19.1. The largest absolute Gasteiger partial charge is 0.393 e. The highest BCUT2D eigenvalue weighted by molar-refractivity contribution is 5.25. The number of rotatable bonds is 6. The first-order valence-electron chi connectivity index (χ1n) is 7.88. The van der Waals surface area contributed by atoms with Gasteiger partial charge >= 0.3 is 0 Å². The van der Waals surface area contributed by atoms with E-state index in [0.717, 1.165) is 12.8 Å². The van der Waals surface area contributed by atoms with Crippen LogP contribution in [0.25, 0.3) is 0 Å². The third-order valence-electron chi connectivity index (χ3n) is 4.11. The van der Waals surface area contributed by atoms with Crippen molar-refractivity contribution in [2.75, 3.05) is 0 Å². The molecule has 112 valence electrons. The van der Waals surface area contributed by atoms with Crippen molar-refractivity contribution in [3.63, 3.8) is 0 Å². The minimum absolute atomic E-state index is 0.287. The zero-order valence-electron chi connectivity index (χ0n) is 13.3.